The number of nitrogens with one attached hydrogen (secondary N) is 1. The highest BCUT2D eigenvalue weighted by atomic mass is 79.9. The van der Waals surface area contributed by atoms with Gasteiger partial charge in [-0.25, -0.2) is 8.78 Å². The van der Waals surface area contributed by atoms with Gasteiger partial charge in [0.1, 0.15) is 11.7 Å². The van der Waals surface area contributed by atoms with Crippen LogP contribution in [0.5, 0.6) is 0 Å². The van der Waals surface area contributed by atoms with E-state index in [1.807, 2.05) is 0 Å². The predicted molar refractivity (Wildman–Crippen MR) is 75.6 cm³/mol. The number of halogens is 3. The van der Waals surface area contributed by atoms with Crippen molar-refractivity contribution < 1.29 is 8.78 Å². The summed E-state index contributed by atoms with van der Waals surface area (Å²) < 4.78 is 27.0. The molecule has 0 saturated heterocycles. The second-order valence-electron chi connectivity index (χ2n) is 3.71. The highest BCUT2D eigenvalue weighted by Crippen LogP contribution is 2.34. The lowest BCUT2D eigenvalue weighted by Crippen LogP contribution is -2.12. The van der Waals surface area contributed by atoms with Gasteiger partial charge in [-0.1, -0.05) is 11.8 Å². The number of hydrogen-bond acceptors (Lipinski definition) is 2. The molecule has 2 nitrogen and oxygen atoms in total. The zero-order chi connectivity index (χ0) is 14.0. The average molecular weight is 343 g/mol. The number of nitrogen functional groups attached to an aromatic ring is 1. The van der Waals surface area contributed by atoms with Crippen LogP contribution >= 0.6 is 27.7 Å². The van der Waals surface area contributed by atoms with E-state index in [0.29, 0.717) is 10.5 Å². The minimum Gasteiger partial charge on any atom is -0.384 e. The molecular formula is C13H9BrF2N2S. The molecule has 2 aromatic carbocycles. The highest BCUT2D eigenvalue weighted by Gasteiger charge is 2.13. The van der Waals surface area contributed by atoms with Gasteiger partial charge in [0.05, 0.1) is 4.47 Å². The zero-order valence-electron chi connectivity index (χ0n) is 9.58. The molecule has 2 aromatic rings. The van der Waals surface area contributed by atoms with E-state index in [9.17, 15) is 8.78 Å². The number of rotatable bonds is 3. The minimum atomic E-state index is -0.484. The van der Waals surface area contributed by atoms with Crippen molar-refractivity contribution in [3.05, 3.63) is 58.1 Å². The van der Waals surface area contributed by atoms with E-state index < -0.39 is 5.82 Å². The number of nitrogens with two attached hydrogens (primary N) is 1. The van der Waals surface area contributed by atoms with E-state index in [-0.39, 0.29) is 16.1 Å². The summed E-state index contributed by atoms with van der Waals surface area (Å²) in [7, 11) is 0. The van der Waals surface area contributed by atoms with E-state index in [2.05, 4.69) is 15.9 Å². The van der Waals surface area contributed by atoms with Gasteiger partial charge in [-0.2, -0.15) is 0 Å². The average Bonchev–Trinajstić information content (AvgIpc) is 2.37. The van der Waals surface area contributed by atoms with Crippen molar-refractivity contribution >= 4 is 33.5 Å². The zero-order valence-corrected chi connectivity index (χ0v) is 12.0. The molecule has 0 unspecified atom stereocenters. The Morgan fingerprint density at radius 3 is 2.32 bits per heavy atom. The van der Waals surface area contributed by atoms with Crippen LogP contribution in [-0.4, -0.2) is 5.84 Å². The Morgan fingerprint density at radius 2 is 1.74 bits per heavy atom. The number of benzene rings is 2. The van der Waals surface area contributed by atoms with Crippen LogP contribution in [0.4, 0.5) is 8.78 Å². The van der Waals surface area contributed by atoms with Crippen LogP contribution in [0, 0.1) is 17.0 Å². The molecule has 0 aliphatic rings. The van der Waals surface area contributed by atoms with Gasteiger partial charge in [0, 0.05) is 15.4 Å². The Bertz CT molecular complexity index is 629. The van der Waals surface area contributed by atoms with Crippen LogP contribution in [-0.2, 0) is 0 Å². The molecule has 0 aliphatic carbocycles. The lowest BCUT2D eigenvalue weighted by Gasteiger charge is -2.08. The molecule has 0 fully saturated rings. The normalized spacial score (nSPS) is 10.5. The molecule has 6 heteroatoms. The van der Waals surface area contributed by atoms with Crippen molar-refractivity contribution in [1.82, 2.24) is 0 Å². The molecule has 0 bridgehead atoms. The van der Waals surface area contributed by atoms with Crippen molar-refractivity contribution in [2.75, 3.05) is 0 Å². The second-order valence-corrected chi connectivity index (χ2v) is 5.62. The Hall–Kier alpha value is -1.40. The summed E-state index contributed by atoms with van der Waals surface area (Å²) in [6, 6.07) is 8.91. The third-order valence-corrected chi connectivity index (χ3v) is 4.20. The molecule has 3 N–H and O–H groups in total. The topological polar surface area (TPSA) is 49.9 Å². The third-order valence-electron chi connectivity index (χ3n) is 2.38. The largest absolute Gasteiger partial charge is 0.384 e. The van der Waals surface area contributed by atoms with Crippen LogP contribution in [0.25, 0.3) is 0 Å². The quantitative estimate of drug-likeness (QED) is 0.649. The molecule has 0 spiro atoms. The first kappa shape index (κ1) is 14.0. The number of hydrogen-bond donors (Lipinski definition) is 2. The maximum absolute atomic E-state index is 14.1. The van der Waals surface area contributed by atoms with Gasteiger partial charge in [-0.3, -0.25) is 5.41 Å². The molecule has 98 valence electrons. The minimum absolute atomic E-state index is 0.159. The fraction of sp³-hybridized carbons (Fsp3) is 0. The van der Waals surface area contributed by atoms with E-state index in [0.717, 1.165) is 4.90 Å². The molecule has 0 atom stereocenters. The van der Waals surface area contributed by atoms with Gasteiger partial charge < -0.3 is 5.73 Å². The lowest BCUT2D eigenvalue weighted by atomic mass is 10.2. The maximum atomic E-state index is 14.1. The summed E-state index contributed by atoms with van der Waals surface area (Å²) in [5, 5.41) is 7.32. The van der Waals surface area contributed by atoms with Crippen molar-refractivity contribution in [2.24, 2.45) is 5.73 Å². The molecule has 0 amide bonds. The van der Waals surface area contributed by atoms with Crippen LogP contribution in [0.3, 0.4) is 0 Å². The predicted octanol–water partition coefficient (Wildman–Crippen LogP) is 4.16. The Morgan fingerprint density at radius 1 is 1.11 bits per heavy atom. The summed E-state index contributed by atoms with van der Waals surface area (Å²) in [6.45, 7) is 0. The summed E-state index contributed by atoms with van der Waals surface area (Å²) in [6.07, 6.45) is 0. The Balaban J connectivity index is 2.34. The summed E-state index contributed by atoms with van der Waals surface area (Å²) >= 11 is 4.26. The van der Waals surface area contributed by atoms with E-state index in [1.165, 1.54) is 23.9 Å². The fourth-order valence-corrected chi connectivity index (χ4v) is 2.99. The SMILES string of the molecule is N=C(N)c1ccc(Sc2ccc(F)cc2)c(F)c1Br. The highest BCUT2D eigenvalue weighted by molar-refractivity contribution is 9.10. The van der Waals surface area contributed by atoms with Gasteiger partial charge in [0.25, 0.3) is 0 Å². The maximum Gasteiger partial charge on any atom is 0.152 e. The summed E-state index contributed by atoms with van der Waals surface area (Å²) in [5.41, 5.74) is 5.65. The van der Waals surface area contributed by atoms with Crippen molar-refractivity contribution in [3.8, 4) is 0 Å². The molecule has 0 aliphatic heterocycles. The van der Waals surface area contributed by atoms with Crippen molar-refractivity contribution in [1.29, 1.82) is 5.41 Å². The third kappa shape index (κ3) is 3.13. The molecule has 19 heavy (non-hydrogen) atoms. The molecule has 0 saturated carbocycles. The Kier molecular flexibility index (Phi) is 4.21. The molecule has 0 radical (unpaired) electrons. The van der Waals surface area contributed by atoms with Crippen LogP contribution in [0.15, 0.2) is 50.7 Å². The van der Waals surface area contributed by atoms with Gasteiger partial charge in [-0.05, 0) is 52.3 Å². The van der Waals surface area contributed by atoms with Crippen molar-refractivity contribution in [2.45, 2.75) is 9.79 Å². The molecule has 0 aromatic heterocycles. The van der Waals surface area contributed by atoms with E-state index in [1.54, 1.807) is 24.3 Å². The first-order valence-corrected chi connectivity index (χ1v) is 6.86. The van der Waals surface area contributed by atoms with Crippen LogP contribution in [0.1, 0.15) is 5.56 Å². The van der Waals surface area contributed by atoms with Gasteiger partial charge in [0.15, 0.2) is 5.82 Å². The fourth-order valence-electron chi connectivity index (χ4n) is 1.45. The molecule has 2 rings (SSSR count). The van der Waals surface area contributed by atoms with E-state index in [4.69, 9.17) is 11.1 Å². The van der Waals surface area contributed by atoms with Gasteiger partial charge >= 0.3 is 0 Å². The number of amidine groups is 1. The first-order chi connectivity index (χ1) is 8.99. The standard InChI is InChI=1S/C13H9BrF2N2S/c14-11-9(13(17)18)5-6-10(12(11)16)19-8-3-1-7(15)2-4-8/h1-6H,(H3,17,18). The summed E-state index contributed by atoms with van der Waals surface area (Å²) in [5.74, 6) is -1.02. The van der Waals surface area contributed by atoms with E-state index >= 15 is 0 Å². The molecular weight excluding hydrogens is 334 g/mol. The van der Waals surface area contributed by atoms with Gasteiger partial charge in [0.2, 0.25) is 0 Å². The monoisotopic (exact) mass is 342 g/mol. The summed E-state index contributed by atoms with van der Waals surface area (Å²) in [4.78, 5) is 1.10. The van der Waals surface area contributed by atoms with Crippen molar-refractivity contribution in [3.63, 3.8) is 0 Å². The smallest absolute Gasteiger partial charge is 0.152 e. The van der Waals surface area contributed by atoms with Crippen LogP contribution in [0.2, 0.25) is 0 Å². The molecule has 0 heterocycles. The second kappa shape index (κ2) is 5.71. The van der Waals surface area contributed by atoms with Gasteiger partial charge in [-0.15, -0.1) is 0 Å². The Labute approximate surface area is 121 Å². The lowest BCUT2D eigenvalue weighted by molar-refractivity contribution is 0.594. The van der Waals surface area contributed by atoms with Crippen LogP contribution < -0.4 is 5.73 Å². The first-order valence-electron chi connectivity index (χ1n) is 5.25.